The van der Waals surface area contributed by atoms with Crippen LogP contribution in [0, 0.1) is 6.92 Å². The topological polar surface area (TPSA) is 36.4 Å². The van der Waals surface area contributed by atoms with Gasteiger partial charge in [-0.25, -0.2) is 4.98 Å². The molecule has 0 radical (unpaired) electrons. The van der Waals surface area contributed by atoms with E-state index >= 15 is 0 Å². The number of carbonyl (C=O) groups is 1. The van der Waals surface area contributed by atoms with E-state index < -0.39 is 0 Å². The van der Waals surface area contributed by atoms with Gasteiger partial charge < -0.3 is 9.80 Å². The Kier molecular flexibility index (Phi) is 5.92. The summed E-state index contributed by atoms with van der Waals surface area (Å²) in [4.78, 5) is 22.6. The van der Waals surface area contributed by atoms with Crippen LogP contribution in [0.1, 0.15) is 27.5 Å². The van der Waals surface area contributed by atoms with Crippen LogP contribution in [0.15, 0.2) is 34.5 Å². The number of carbonyl (C=O) groups excluding carboxylic acids is 1. The maximum Gasteiger partial charge on any atom is 0.253 e. The Morgan fingerprint density at radius 1 is 1.21 bits per heavy atom. The van der Waals surface area contributed by atoms with Crippen LogP contribution in [0.3, 0.4) is 0 Å². The molecule has 1 aromatic heterocycles. The molecule has 1 amide bonds. The average molecular weight is 362 g/mol. The van der Waals surface area contributed by atoms with Gasteiger partial charge in [-0.2, -0.15) is 0 Å². The number of benzene rings is 1. The van der Waals surface area contributed by atoms with E-state index in [1.807, 2.05) is 36.1 Å². The zero-order chi connectivity index (χ0) is 16.9. The second-order valence-corrected chi connectivity index (χ2v) is 8.23. The highest BCUT2D eigenvalue weighted by Crippen LogP contribution is 2.24. The standard InChI is InChI=1S/C18H23N3OS2/c1-14-19-16(12-23-14)13-24-17-6-4-15(5-7-17)18(22)21-9-3-8-20(2)10-11-21/h4-7,12H,3,8-11,13H2,1-2H3. The van der Waals surface area contributed by atoms with E-state index in [1.165, 1.54) is 4.90 Å². The summed E-state index contributed by atoms with van der Waals surface area (Å²) in [5, 5.41) is 3.21. The number of thiazole rings is 1. The molecule has 0 unspecified atom stereocenters. The van der Waals surface area contributed by atoms with Gasteiger partial charge in [-0.1, -0.05) is 0 Å². The zero-order valence-electron chi connectivity index (χ0n) is 14.2. The number of amides is 1. The lowest BCUT2D eigenvalue weighted by Crippen LogP contribution is -2.34. The van der Waals surface area contributed by atoms with Crippen molar-refractivity contribution in [3.63, 3.8) is 0 Å². The summed E-state index contributed by atoms with van der Waals surface area (Å²) in [6.45, 7) is 5.71. The molecule has 0 aliphatic carbocycles. The number of thioether (sulfide) groups is 1. The summed E-state index contributed by atoms with van der Waals surface area (Å²) in [5.74, 6) is 1.02. The molecule has 128 valence electrons. The first-order valence-electron chi connectivity index (χ1n) is 8.23. The van der Waals surface area contributed by atoms with Gasteiger partial charge in [0.15, 0.2) is 0 Å². The highest BCUT2D eigenvalue weighted by molar-refractivity contribution is 7.98. The maximum atomic E-state index is 12.6. The van der Waals surface area contributed by atoms with Crippen LogP contribution in [-0.2, 0) is 5.75 Å². The highest BCUT2D eigenvalue weighted by atomic mass is 32.2. The minimum absolute atomic E-state index is 0.150. The highest BCUT2D eigenvalue weighted by Gasteiger charge is 2.18. The van der Waals surface area contributed by atoms with E-state index in [-0.39, 0.29) is 5.91 Å². The largest absolute Gasteiger partial charge is 0.337 e. The zero-order valence-corrected chi connectivity index (χ0v) is 15.8. The fourth-order valence-corrected chi connectivity index (χ4v) is 4.27. The Morgan fingerprint density at radius 2 is 2.00 bits per heavy atom. The van der Waals surface area contributed by atoms with Crippen molar-refractivity contribution in [2.75, 3.05) is 33.2 Å². The third kappa shape index (κ3) is 4.59. The average Bonchev–Trinajstić information content (AvgIpc) is 2.88. The summed E-state index contributed by atoms with van der Waals surface area (Å²) < 4.78 is 0. The quantitative estimate of drug-likeness (QED) is 0.781. The number of likely N-dealkylation sites (N-methyl/N-ethyl adjacent to an activating group) is 1. The molecule has 6 heteroatoms. The predicted octanol–water partition coefficient (Wildman–Crippen LogP) is 3.52. The number of hydrogen-bond acceptors (Lipinski definition) is 5. The molecule has 2 heterocycles. The monoisotopic (exact) mass is 361 g/mol. The number of rotatable bonds is 4. The molecule has 2 aromatic rings. The molecule has 0 spiro atoms. The second kappa shape index (κ2) is 8.14. The smallest absolute Gasteiger partial charge is 0.253 e. The van der Waals surface area contributed by atoms with Crippen molar-refractivity contribution in [3.8, 4) is 0 Å². The first-order chi connectivity index (χ1) is 11.6. The first kappa shape index (κ1) is 17.5. The van der Waals surface area contributed by atoms with E-state index in [9.17, 15) is 4.79 Å². The molecule has 1 aliphatic heterocycles. The van der Waals surface area contributed by atoms with Gasteiger partial charge in [0.1, 0.15) is 0 Å². The number of nitrogens with zero attached hydrogens (tertiary/aromatic N) is 3. The number of aromatic nitrogens is 1. The summed E-state index contributed by atoms with van der Waals surface area (Å²) in [5.41, 5.74) is 1.91. The molecule has 1 aliphatic rings. The molecule has 1 fully saturated rings. The molecule has 0 bridgehead atoms. The molecule has 0 atom stereocenters. The number of aryl methyl sites for hydroxylation is 1. The van der Waals surface area contributed by atoms with Crippen LogP contribution in [0.4, 0.5) is 0 Å². The fraction of sp³-hybridized carbons (Fsp3) is 0.444. The van der Waals surface area contributed by atoms with Crippen molar-refractivity contribution < 1.29 is 4.79 Å². The van der Waals surface area contributed by atoms with Gasteiger partial charge in [0.05, 0.1) is 10.7 Å². The Balaban J connectivity index is 1.58. The molecular weight excluding hydrogens is 338 g/mol. The van der Waals surface area contributed by atoms with Crippen LogP contribution in [0.2, 0.25) is 0 Å². The predicted molar refractivity (Wildman–Crippen MR) is 101 cm³/mol. The summed E-state index contributed by atoms with van der Waals surface area (Å²) in [7, 11) is 2.11. The molecule has 1 aromatic carbocycles. The maximum absolute atomic E-state index is 12.6. The van der Waals surface area contributed by atoms with Crippen molar-refractivity contribution in [1.82, 2.24) is 14.8 Å². The minimum atomic E-state index is 0.150. The Labute approximate surface area is 151 Å². The molecule has 0 N–H and O–H groups in total. The van der Waals surface area contributed by atoms with Crippen LogP contribution in [0.25, 0.3) is 0 Å². The van der Waals surface area contributed by atoms with E-state index in [0.29, 0.717) is 0 Å². The third-order valence-corrected chi connectivity index (χ3v) is 6.03. The van der Waals surface area contributed by atoms with E-state index in [1.54, 1.807) is 23.1 Å². The lowest BCUT2D eigenvalue weighted by Gasteiger charge is -2.20. The van der Waals surface area contributed by atoms with E-state index in [0.717, 1.165) is 54.6 Å². The van der Waals surface area contributed by atoms with Gasteiger partial charge in [0, 0.05) is 41.2 Å². The van der Waals surface area contributed by atoms with Crippen molar-refractivity contribution in [1.29, 1.82) is 0 Å². The van der Waals surface area contributed by atoms with E-state index in [4.69, 9.17) is 0 Å². The molecule has 0 saturated carbocycles. The van der Waals surface area contributed by atoms with Crippen LogP contribution in [0.5, 0.6) is 0 Å². The normalized spacial score (nSPS) is 16.2. The fourth-order valence-electron chi connectivity index (χ4n) is 2.76. The molecule has 3 rings (SSSR count). The lowest BCUT2D eigenvalue weighted by molar-refractivity contribution is 0.0763. The second-order valence-electron chi connectivity index (χ2n) is 6.12. The van der Waals surface area contributed by atoms with E-state index in [2.05, 4.69) is 22.3 Å². The van der Waals surface area contributed by atoms with Gasteiger partial charge in [-0.3, -0.25) is 4.79 Å². The van der Waals surface area contributed by atoms with Gasteiger partial charge in [0.25, 0.3) is 5.91 Å². The van der Waals surface area contributed by atoms with Gasteiger partial charge in [-0.15, -0.1) is 23.1 Å². The molecule has 24 heavy (non-hydrogen) atoms. The van der Waals surface area contributed by atoms with Gasteiger partial charge >= 0.3 is 0 Å². The molecule has 4 nitrogen and oxygen atoms in total. The first-order valence-corrected chi connectivity index (χ1v) is 10.1. The van der Waals surface area contributed by atoms with Crippen LogP contribution >= 0.6 is 23.1 Å². The van der Waals surface area contributed by atoms with Crippen molar-refractivity contribution >= 4 is 29.0 Å². The number of hydrogen-bond donors (Lipinski definition) is 0. The third-order valence-electron chi connectivity index (χ3n) is 4.16. The Hall–Kier alpha value is -1.37. The lowest BCUT2D eigenvalue weighted by atomic mass is 10.2. The Bertz CT molecular complexity index is 684. The van der Waals surface area contributed by atoms with Crippen LogP contribution in [-0.4, -0.2) is 53.9 Å². The summed E-state index contributed by atoms with van der Waals surface area (Å²) in [6, 6.07) is 7.99. The minimum Gasteiger partial charge on any atom is -0.337 e. The van der Waals surface area contributed by atoms with Crippen molar-refractivity contribution in [2.45, 2.75) is 24.0 Å². The SMILES string of the molecule is Cc1nc(CSc2ccc(C(=O)N3CCCN(C)CC3)cc2)cs1. The Morgan fingerprint density at radius 3 is 2.71 bits per heavy atom. The van der Waals surface area contributed by atoms with Crippen LogP contribution < -0.4 is 0 Å². The molecular formula is C18H23N3OS2. The molecule has 1 saturated heterocycles. The van der Waals surface area contributed by atoms with Crippen molar-refractivity contribution in [2.24, 2.45) is 0 Å². The summed E-state index contributed by atoms with van der Waals surface area (Å²) in [6.07, 6.45) is 1.04. The van der Waals surface area contributed by atoms with Crippen molar-refractivity contribution in [3.05, 3.63) is 45.9 Å². The summed E-state index contributed by atoms with van der Waals surface area (Å²) >= 11 is 3.44. The van der Waals surface area contributed by atoms with Gasteiger partial charge in [-0.05, 0) is 51.2 Å². The van der Waals surface area contributed by atoms with Gasteiger partial charge in [0.2, 0.25) is 0 Å².